The van der Waals surface area contributed by atoms with Gasteiger partial charge in [0.15, 0.2) is 12.4 Å². The number of amides is 2. The van der Waals surface area contributed by atoms with Crippen LogP contribution in [0.3, 0.4) is 0 Å². The summed E-state index contributed by atoms with van der Waals surface area (Å²) in [5.41, 5.74) is 18.1. The van der Waals surface area contributed by atoms with Gasteiger partial charge < -0.3 is 31.1 Å². The smallest absolute Gasteiger partial charge is 0.250 e. The Morgan fingerprint density at radius 2 is 1.16 bits per heavy atom. The van der Waals surface area contributed by atoms with Gasteiger partial charge in [0.05, 0.1) is 0 Å². The Balaban J connectivity index is 1.32. The number of carbonyl (C=O) groups excluding carboxylic acids is 2. The highest BCUT2D eigenvalue weighted by Crippen LogP contribution is 2.28. The topological polar surface area (TPSA) is 117 Å². The molecule has 0 aliphatic heterocycles. The number of likely N-dealkylation sites (N-methyl/N-ethyl adjacent to an activating group) is 2. The maximum absolute atomic E-state index is 13.0. The van der Waals surface area contributed by atoms with E-state index in [-0.39, 0.29) is 11.8 Å². The zero-order chi connectivity index (χ0) is 40.7. The number of nitrogens with two attached hydrogens (primary N) is 2. The Kier molecular flexibility index (Phi) is 20.9. The molecule has 5 N–H and O–H groups in total. The minimum atomic E-state index is -0.823. The first-order valence-corrected chi connectivity index (χ1v) is 21.5. The highest BCUT2D eigenvalue weighted by molar-refractivity contribution is 8.77. The predicted molar refractivity (Wildman–Crippen MR) is 241 cm³/mol. The fourth-order valence-electron chi connectivity index (χ4n) is 5.60. The van der Waals surface area contributed by atoms with Crippen molar-refractivity contribution in [2.45, 2.75) is 44.0 Å². The molecule has 0 aliphatic rings. The Bertz CT molecular complexity index is 1780. The second-order valence-corrected chi connectivity index (χ2v) is 15.9. The summed E-state index contributed by atoms with van der Waals surface area (Å²) in [6.45, 7) is 8.72. The third kappa shape index (κ3) is 16.2. The molecule has 12 heteroatoms. The number of nitrogens with one attached hydrogen (secondary N) is 1. The van der Waals surface area contributed by atoms with Crippen LogP contribution in [0, 0.1) is 0 Å². The standard InChI is InChI=1S/C44H61N8O2S2/c1-7-47-30-14-11-9-10-12-18-36-20-25-38(26-21-36)48(3)31-16-33-50(5)43(53)41(45)55-56-42(46)44(54)51(6)34-17-32-49(4)39-27-22-37(23-28-39)24-29-40-19-13-15-35-52(40)8-2/h9-15,18-30,35,41-42H,7-8,16-17,31-34,45-46H2,1-6H3/q+1/p+1/b10-9+,14-11-,18-12+,47-30?. The molecule has 0 saturated carbocycles. The lowest BCUT2D eigenvalue weighted by Gasteiger charge is -2.25. The van der Waals surface area contributed by atoms with Gasteiger partial charge in [-0.25, -0.2) is 4.99 Å². The maximum atomic E-state index is 13.0. The van der Waals surface area contributed by atoms with E-state index in [9.17, 15) is 9.59 Å². The average Bonchev–Trinajstić information content (AvgIpc) is 3.22. The van der Waals surface area contributed by atoms with Crippen molar-refractivity contribution in [1.82, 2.24) is 9.80 Å². The molecule has 1 aromatic heterocycles. The monoisotopic (exact) mass is 798 g/mol. The Morgan fingerprint density at radius 1 is 0.661 bits per heavy atom. The zero-order valence-electron chi connectivity index (χ0n) is 34.0. The number of benzene rings is 2. The summed E-state index contributed by atoms with van der Waals surface area (Å²) in [6, 6.07) is 23.0. The van der Waals surface area contributed by atoms with Crippen LogP contribution < -0.4 is 30.8 Å². The minimum Gasteiger partial charge on any atom is -0.375 e. The number of anilines is 2. The van der Waals surface area contributed by atoms with E-state index < -0.39 is 10.7 Å². The minimum absolute atomic E-state index is 0.191. The van der Waals surface area contributed by atoms with Gasteiger partial charge in [0, 0.05) is 90.0 Å². The first kappa shape index (κ1) is 45.8. The van der Waals surface area contributed by atoms with Crippen LogP contribution in [0.4, 0.5) is 11.4 Å². The highest BCUT2D eigenvalue weighted by Gasteiger charge is 2.24. The summed E-state index contributed by atoms with van der Waals surface area (Å²) in [4.78, 5) is 36.7. The fourth-order valence-corrected chi connectivity index (χ4v) is 7.57. The van der Waals surface area contributed by atoms with Gasteiger partial charge in [-0.3, -0.25) is 9.59 Å². The largest absolute Gasteiger partial charge is 0.375 e. The van der Waals surface area contributed by atoms with E-state index in [2.05, 4.69) is 119 Å². The lowest BCUT2D eigenvalue weighted by Crippen LogP contribution is -2.67. The molecule has 10 nitrogen and oxygen atoms in total. The molecule has 0 spiro atoms. The molecule has 0 bridgehead atoms. The Labute approximate surface area is 343 Å². The quantitative estimate of drug-likeness (QED) is 0.0417. The summed E-state index contributed by atoms with van der Waals surface area (Å²) in [5, 5.41) is -1.65. The normalized spacial score (nSPS) is 13.0. The number of hydrogen-bond acceptors (Lipinski definition) is 8. The molecular formula is C44H62N8O2S2+2. The molecule has 2 atom stereocenters. The second kappa shape index (κ2) is 25.5. The van der Waals surface area contributed by atoms with Crippen LogP contribution >= 0.6 is 21.6 Å². The predicted octanol–water partition coefficient (Wildman–Crippen LogP) is 4.68. The molecule has 2 amide bonds. The van der Waals surface area contributed by atoms with E-state index >= 15 is 0 Å². The fraction of sp³-hybridized carbons (Fsp3) is 0.364. The van der Waals surface area contributed by atoms with Crippen LogP contribution in [-0.4, -0.2) is 99.5 Å². The van der Waals surface area contributed by atoms with E-state index in [1.54, 1.807) is 23.9 Å². The first-order valence-electron chi connectivity index (χ1n) is 19.2. The third-order valence-corrected chi connectivity index (χ3v) is 11.6. The van der Waals surface area contributed by atoms with Crippen molar-refractivity contribution in [1.29, 1.82) is 0 Å². The molecule has 2 aromatic carbocycles. The van der Waals surface area contributed by atoms with E-state index in [4.69, 9.17) is 11.5 Å². The van der Waals surface area contributed by atoms with Crippen molar-refractivity contribution in [3.63, 3.8) is 0 Å². The third-order valence-electron chi connectivity index (χ3n) is 9.06. The van der Waals surface area contributed by atoms with Crippen molar-refractivity contribution in [2.75, 3.05) is 70.7 Å². The number of carbonyl (C=O) groups is 2. The summed E-state index contributed by atoms with van der Waals surface area (Å²) < 4.78 is 2.20. The van der Waals surface area contributed by atoms with E-state index in [1.165, 1.54) is 0 Å². The average molecular weight is 799 g/mol. The van der Waals surface area contributed by atoms with Gasteiger partial charge in [-0.1, -0.05) is 76.2 Å². The maximum Gasteiger partial charge on any atom is 0.250 e. The number of rotatable bonds is 23. The van der Waals surface area contributed by atoms with Crippen LogP contribution in [0.2, 0.25) is 0 Å². The van der Waals surface area contributed by atoms with Crippen molar-refractivity contribution in [2.24, 2.45) is 11.5 Å². The number of pyridine rings is 1. The molecule has 0 radical (unpaired) electrons. The molecule has 2 unspecified atom stereocenters. The molecule has 3 aromatic rings. The number of aromatic nitrogens is 1. The van der Waals surface area contributed by atoms with Gasteiger partial charge in [0.25, 0.3) is 0 Å². The SMILES string of the molecule is CC[NH+]=C\C=C/C=C/C=C/c1ccc(N(C)CCCN(C)C(=O)C(N)SSC(N)C(=O)N(C)CCCN(C)c2ccc(/C=C/c3cccc[n+]3CC)cc2)cc1. The summed E-state index contributed by atoms with van der Waals surface area (Å²) in [5.74, 6) is -0.383. The molecule has 56 heavy (non-hydrogen) atoms. The number of hydrogen-bond donors (Lipinski definition) is 3. The van der Waals surface area contributed by atoms with Crippen molar-refractivity contribution < 1.29 is 19.1 Å². The summed E-state index contributed by atoms with van der Waals surface area (Å²) in [7, 11) is 9.89. The summed E-state index contributed by atoms with van der Waals surface area (Å²) in [6.07, 6.45) is 21.9. The second-order valence-electron chi connectivity index (χ2n) is 13.4. The molecule has 300 valence electrons. The molecule has 0 saturated heterocycles. The zero-order valence-corrected chi connectivity index (χ0v) is 35.6. The van der Waals surface area contributed by atoms with Crippen LogP contribution in [0.5, 0.6) is 0 Å². The van der Waals surface area contributed by atoms with Crippen LogP contribution in [0.1, 0.15) is 43.5 Å². The molecule has 0 fully saturated rings. The molecule has 1 heterocycles. The van der Waals surface area contributed by atoms with Crippen molar-refractivity contribution in [3.05, 3.63) is 120 Å². The molecule has 0 aliphatic carbocycles. The summed E-state index contributed by atoms with van der Waals surface area (Å²) >= 11 is 0. The molecule has 3 rings (SSSR count). The first-order chi connectivity index (χ1) is 27.0. The van der Waals surface area contributed by atoms with Crippen LogP contribution in [-0.2, 0) is 16.1 Å². The molecular weight excluding hydrogens is 737 g/mol. The van der Waals surface area contributed by atoms with E-state index in [0.717, 1.165) is 88.8 Å². The highest BCUT2D eigenvalue weighted by atomic mass is 33.1. The van der Waals surface area contributed by atoms with Gasteiger partial charge in [0.2, 0.25) is 17.5 Å². The van der Waals surface area contributed by atoms with Gasteiger partial charge in [-0.05, 0) is 74.2 Å². The van der Waals surface area contributed by atoms with Crippen molar-refractivity contribution in [3.8, 4) is 0 Å². The van der Waals surface area contributed by atoms with Gasteiger partial charge in [-0.2, -0.15) is 4.57 Å². The lowest BCUT2D eigenvalue weighted by molar-refractivity contribution is -0.695. The van der Waals surface area contributed by atoms with Crippen molar-refractivity contribution >= 4 is 69.2 Å². The van der Waals surface area contributed by atoms with Crippen LogP contribution in [0.15, 0.2) is 103 Å². The van der Waals surface area contributed by atoms with Crippen LogP contribution in [0.25, 0.3) is 18.2 Å². The lowest BCUT2D eigenvalue weighted by atomic mass is 10.1. The Hall–Kier alpha value is -4.62. The van der Waals surface area contributed by atoms with Gasteiger partial charge in [-0.15, -0.1) is 0 Å². The number of allylic oxidation sites excluding steroid dienone is 5. The number of aryl methyl sites for hydroxylation is 1. The van der Waals surface area contributed by atoms with E-state index in [1.807, 2.05) is 55.8 Å². The van der Waals surface area contributed by atoms with E-state index in [0.29, 0.717) is 13.1 Å². The van der Waals surface area contributed by atoms with Gasteiger partial charge in [0.1, 0.15) is 23.8 Å². The van der Waals surface area contributed by atoms with Gasteiger partial charge >= 0.3 is 0 Å². The number of nitrogens with zero attached hydrogens (tertiary/aromatic N) is 5. The Morgan fingerprint density at radius 3 is 1.68 bits per heavy atom.